The number of amides is 1. The Bertz CT molecular complexity index is 977. The van der Waals surface area contributed by atoms with Gasteiger partial charge in [0.15, 0.2) is 0 Å². The van der Waals surface area contributed by atoms with Gasteiger partial charge in [-0.25, -0.2) is 4.98 Å². The van der Waals surface area contributed by atoms with Crippen LogP contribution in [-0.4, -0.2) is 24.5 Å². The highest BCUT2D eigenvalue weighted by Crippen LogP contribution is 2.16. The highest BCUT2D eigenvalue weighted by Gasteiger charge is 2.07. The van der Waals surface area contributed by atoms with Gasteiger partial charge < -0.3 is 15.4 Å². The van der Waals surface area contributed by atoms with E-state index in [1.54, 1.807) is 37.6 Å². The molecule has 0 fully saturated rings. The number of pyridine rings is 1. The molecule has 0 aliphatic rings. The van der Waals surface area contributed by atoms with Gasteiger partial charge in [0.1, 0.15) is 11.4 Å². The lowest BCUT2D eigenvalue weighted by Gasteiger charge is -2.08. The summed E-state index contributed by atoms with van der Waals surface area (Å²) in [6.45, 7) is 0.513. The molecule has 6 nitrogen and oxygen atoms in total. The zero-order valence-corrected chi connectivity index (χ0v) is 15.5. The van der Waals surface area contributed by atoms with Crippen LogP contribution in [0.4, 0.5) is 11.4 Å². The minimum atomic E-state index is -0.215. The molecule has 0 saturated carbocycles. The largest absolute Gasteiger partial charge is 0.497 e. The first kappa shape index (κ1) is 18.9. The van der Waals surface area contributed by atoms with E-state index in [1.165, 1.54) is 0 Å². The third-order valence-electron chi connectivity index (χ3n) is 4.13. The summed E-state index contributed by atoms with van der Waals surface area (Å²) in [6, 6.07) is 20.4. The third-order valence-corrected chi connectivity index (χ3v) is 4.13. The van der Waals surface area contributed by atoms with E-state index in [4.69, 9.17) is 10.00 Å². The fraction of sp³-hybridized carbons (Fsp3) is 0.136. The Labute approximate surface area is 163 Å². The van der Waals surface area contributed by atoms with Crippen molar-refractivity contribution in [3.63, 3.8) is 0 Å². The van der Waals surface area contributed by atoms with Crippen LogP contribution in [-0.2, 0) is 6.42 Å². The summed E-state index contributed by atoms with van der Waals surface area (Å²) in [5.41, 5.74) is 3.66. The summed E-state index contributed by atoms with van der Waals surface area (Å²) in [4.78, 5) is 16.5. The maximum absolute atomic E-state index is 12.2. The first-order valence-corrected chi connectivity index (χ1v) is 8.82. The number of hydrogen-bond acceptors (Lipinski definition) is 5. The van der Waals surface area contributed by atoms with Crippen molar-refractivity contribution in [3.05, 3.63) is 83.7 Å². The fourth-order valence-electron chi connectivity index (χ4n) is 2.64. The first-order valence-electron chi connectivity index (χ1n) is 8.82. The lowest BCUT2D eigenvalue weighted by Crippen LogP contribution is -2.26. The van der Waals surface area contributed by atoms with Gasteiger partial charge in [0.2, 0.25) is 0 Å². The number of ether oxygens (including phenoxy) is 1. The summed E-state index contributed by atoms with van der Waals surface area (Å²) < 4.78 is 5.20. The molecule has 1 amide bonds. The zero-order valence-electron chi connectivity index (χ0n) is 15.5. The summed E-state index contributed by atoms with van der Waals surface area (Å²) in [5, 5.41) is 14.9. The average Bonchev–Trinajstić information content (AvgIpc) is 2.75. The van der Waals surface area contributed by atoms with E-state index in [2.05, 4.69) is 21.7 Å². The lowest BCUT2D eigenvalue weighted by molar-refractivity contribution is 0.0949. The van der Waals surface area contributed by atoms with Gasteiger partial charge in [-0.1, -0.05) is 12.1 Å². The van der Waals surface area contributed by atoms with Crippen molar-refractivity contribution in [3.8, 4) is 11.8 Å². The Balaban J connectivity index is 1.52. The van der Waals surface area contributed by atoms with Crippen molar-refractivity contribution in [1.29, 1.82) is 5.26 Å². The van der Waals surface area contributed by atoms with E-state index < -0.39 is 0 Å². The van der Waals surface area contributed by atoms with Crippen LogP contribution in [0.5, 0.6) is 5.75 Å². The summed E-state index contributed by atoms with van der Waals surface area (Å²) in [5.74, 6) is 0.587. The van der Waals surface area contributed by atoms with Crippen LogP contribution in [0.3, 0.4) is 0 Å². The predicted octanol–water partition coefficient (Wildman–Crippen LogP) is 3.68. The maximum atomic E-state index is 12.2. The van der Waals surface area contributed by atoms with Gasteiger partial charge in [0, 0.05) is 12.2 Å². The second kappa shape index (κ2) is 9.19. The Kier molecular flexibility index (Phi) is 6.21. The number of carbonyl (C=O) groups excluding carboxylic acids is 1. The van der Waals surface area contributed by atoms with Crippen molar-refractivity contribution in [1.82, 2.24) is 10.3 Å². The number of aromatic nitrogens is 1. The number of nitrogens with one attached hydrogen (secondary N) is 2. The Morgan fingerprint density at radius 1 is 1.11 bits per heavy atom. The number of methoxy groups -OCH3 is 1. The second-order valence-electron chi connectivity index (χ2n) is 6.10. The number of nitriles is 1. The summed E-state index contributed by atoms with van der Waals surface area (Å²) >= 11 is 0. The number of carbonyl (C=O) groups is 1. The first-order chi connectivity index (χ1) is 13.7. The van der Waals surface area contributed by atoms with Gasteiger partial charge >= 0.3 is 0 Å². The van der Waals surface area contributed by atoms with Crippen LogP contribution in [0.1, 0.15) is 21.6 Å². The predicted molar refractivity (Wildman–Crippen MR) is 108 cm³/mol. The van der Waals surface area contributed by atoms with Gasteiger partial charge in [-0.2, -0.15) is 5.26 Å². The standard InChI is InChI=1S/C22H20N4O2/c1-28-20-4-2-3-16(13-20)11-12-24-22(27)21-10-9-19(15-25-21)26-18-7-5-17(14-23)6-8-18/h2-10,13,15,26H,11-12H2,1H3,(H,24,27). The van der Waals surface area contributed by atoms with E-state index in [1.807, 2.05) is 36.4 Å². The van der Waals surface area contributed by atoms with Crippen LogP contribution >= 0.6 is 0 Å². The van der Waals surface area contributed by atoms with Crippen LogP contribution in [0.2, 0.25) is 0 Å². The molecule has 0 atom stereocenters. The lowest BCUT2D eigenvalue weighted by atomic mass is 10.1. The molecule has 1 heterocycles. The van der Waals surface area contributed by atoms with E-state index in [0.717, 1.165) is 22.7 Å². The van der Waals surface area contributed by atoms with Gasteiger partial charge in [-0.15, -0.1) is 0 Å². The van der Waals surface area contributed by atoms with Crippen molar-refractivity contribution in [2.75, 3.05) is 19.0 Å². The number of anilines is 2. The molecular formula is C22H20N4O2. The second-order valence-corrected chi connectivity index (χ2v) is 6.10. The van der Waals surface area contributed by atoms with Crippen LogP contribution < -0.4 is 15.4 Å². The Morgan fingerprint density at radius 3 is 2.57 bits per heavy atom. The number of hydrogen-bond donors (Lipinski definition) is 2. The van der Waals surface area contributed by atoms with Crippen molar-refractivity contribution >= 4 is 17.3 Å². The van der Waals surface area contributed by atoms with E-state index in [0.29, 0.717) is 24.2 Å². The SMILES string of the molecule is COc1cccc(CCNC(=O)c2ccc(Nc3ccc(C#N)cc3)cn2)c1. The molecular weight excluding hydrogens is 352 g/mol. The monoisotopic (exact) mass is 372 g/mol. The molecule has 0 bridgehead atoms. The van der Waals surface area contributed by atoms with E-state index >= 15 is 0 Å². The molecule has 28 heavy (non-hydrogen) atoms. The number of nitrogens with zero attached hydrogens (tertiary/aromatic N) is 2. The van der Waals surface area contributed by atoms with Crippen molar-refractivity contribution < 1.29 is 9.53 Å². The van der Waals surface area contributed by atoms with E-state index in [9.17, 15) is 4.79 Å². The molecule has 0 saturated heterocycles. The maximum Gasteiger partial charge on any atom is 0.269 e. The Morgan fingerprint density at radius 2 is 1.89 bits per heavy atom. The minimum Gasteiger partial charge on any atom is -0.497 e. The molecule has 3 rings (SSSR count). The summed E-state index contributed by atoms with van der Waals surface area (Å²) in [6.07, 6.45) is 2.32. The van der Waals surface area contributed by atoms with Crippen molar-refractivity contribution in [2.45, 2.75) is 6.42 Å². The number of benzene rings is 2. The molecule has 2 N–H and O–H groups in total. The zero-order chi connectivity index (χ0) is 19.8. The quantitative estimate of drug-likeness (QED) is 0.661. The molecule has 0 aliphatic heterocycles. The van der Waals surface area contributed by atoms with E-state index in [-0.39, 0.29) is 5.91 Å². The topological polar surface area (TPSA) is 87.0 Å². The molecule has 6 heteroatoms. The molecule has 0 radical (unpaired) electrons. The van der Waals surface area contributed by atoms with Crippen LogP contribution in [0.25, 0.3) is 0 Å². The van der Waals surface area contributed by atoms with Crippen LogP contribution in [0, 0.1) is 11.3 Å². The molecule has 0 unspecified atom stereocenters. The molecule has 140 valence electrons. The van der Waals surface area contributed by atoms with Gasteiger partial charge in [-0.05, 0) is 60.5 Å². The highest BCUT2D eigenvalue weighted by atomic mass is 16.5. The van der Waals surface area contributed by atoms with Crippen molar-refractivity contribution in [2.24, 2.45) is 0 Å². The Hall–Kier alpha value is -3.85. The van der Waals surface area contributed by atoms with Crippen LogP contribution in [0.15, 0.2) is 66.9 Å². The van der Waals surface area contributed by atoms with Gasteiger partial charge in [0.25, 0.3) is 5.91 Å². The smallest absolute Gasteiger partial charge is 0.269 e. The summed E-state index contributed by atoms with van der Waals surface area (Å²) in [7, 11) is 1.63. The minimum absolute atomic E-state index is 0.215. The fourth-order valence-corrected chi connectivity index (χ4v) is 2.64. The molecule has 1 aromatic heterocycles. The molecule has 3 aromatic rings. The molecule has 0 aliphatic carbocycles. The molecule has 0 spiro atoms. The molecule has 2 aromatic carbocycles. The highest BCUT2D eigenvalue weighted by molar-refractivity contribution is 5.92. The third kappa shape index (κ3) is 5.08. The number of rotatable bonds is 7. The average molecular weight is 372 g/mol. The van der Waals surface area contributed by atoms with Gasteiger partial charge in [0.05, 0.1) is 30.6 Å². The normalized spacial score (nSPS) is 10.0. The van der Waals surface area contributed by atoms with Gasteiger partial charge in [-0.3, -0.25) is 4.79 Å².